The van der Waals surface area contributed by atoms with Gasteiger partial charge in [0.25, 0.3) is 0 Å². The van der Waals surface area contributed by atoms with Crippen LogP contribution in [0.3, 0.4) is 0 Å². The van der Waals surface area contributed by atoms with Gasteiger partial charge in [0, 0.05) is 23.9 Å². The molecule has 0 fully saturated rings. The van der Waals surface area contributed by atoms with Gasteiger partial charge in [0.2, 0.25) is 0 Å². The predicted molar refractivity (Wildman–Crippen MR) is 63.8 cm³/mol. The monoisotopic (exact) mass is 213 g/mol. The number of nitrogens with one attached hydrogen (secondary N) is 1. The number of hydrogen-bond acceptors (Lipinski definition) is 2. The van der Waals surface area contributed by atoms with Gasteiger partial charge in [-0.15, -0.1) is 0 Å². The SMILES string of the molecule is [N-]=[N+]=NCCC=Cc1cnc2cc[nH]c2c1. The summed E-state index contributed by atoms with van der Waals surface area (Å²) in [4.78, 5) is 10.1. The van der Waals surface area contributed by atoms with Gasteiger partial charge in [-0.05, 0) is 29.6 Å². The first-order valence-corrected chi connectivity index (χ1v) is 5.00. The second kappa shape index (κ2) is 5.00. The Hall–Kier alpha value is -2.26. The van der Waals surface area contributed by atoms with Crippen LogP contribution in [0, 0.1) is 0 Å². The summed E-state index contributed by atoms with van der Waals surface area (Å²) in [7, 11) is 0. The first kappa shape index (κ1) is 10.3. The molecule has 2 aromatic heterocycles. The molecule has 0 saturated carbocycles. The fourth-order valence-electron chi connectivity index (χ4n) is 1.44. The van der Waals surface area contributed by atoms with E-state index >= 15 is 0 Å². The van der Waals surface area contributed by atoms with Crippen molar-refractivity contribution < 1.29 is 0 Å². The second-order valence-electron chi connectivity index (χ2n) is 3.32. The van der Waals surface area contributed by atoms with Crippen LogP contribution in [-0.4, -0.2) is 16.5 Å². The standard InChI is InChI=1S/C11H11N5/c12-16-15-5-2-1-3-9-7-11-10(14-8-9)4-6-13-11/h1,3-4,6-8,13H,2,5H2. The summed E-state index contributed by atoms with van der Waals surface area (Å²) in [5.41, 5.74) is 11.1. The summed E-state index contributed by atoms with van der Waals surface area (Å²) in [5, 5.41) is 3.45. The van der Waals surface area contributed by atoms with Gasteiger partial charge in [0.15, 0.2) is 0 Å². The van der Waals surface area contributed by atoms with Crippen molar-refractivity contribution in [3.63, 3.8) is 0 Å². The smallest absolute Gasteiger partial charge is 0.0879 e. The lowest BCUT2D eigenvalue weighted by Crippen LogP contribution is -1.79. The van der Waals surface area contributed by atoms with Crippen LogP contribution >= 0.6 is 0 Å². The number of aromatic amines is 1. The molecule has 0 spiro atoms. The molecule has 2 rings (SSSR count). The molecular formula is C11H11N5. The van der Waals surface area contributed by atoms with Gasteiger partial charge in [-0.2, -0.15) is 0 Å². The quantitative estimate of drug-likeness (QED) is 0.359. The van der Waals surface area contributed by atoms with Gasteiger partial charge >= 0.3 is 0 Å². The third-order valence-corrected chi connectivity index (χ3v) is 2.19. The van der Waals surface area contributed by atoms with Crippen molar-refractivity contribution >= 4 is 17.1 Å². The van der Waals surface area contributed by atoms with Crippen molar-refractivity contribution in [3.05, 3.63) is 46.6 Å². The zero-order valence-electron chi connectivity index (χ0n) is 8.67. The van der Waals surface area contributed by atoms with Crippen LogP contribution in [0.2, 0.25) is 0 Å². The van der Waals surface area contributed by atoms with Crippen LogP contribution in [0.25, 0.3) is 27.6 Å². The fraction of sp³-hybridized carbons (Fsp3) is 0.182. The molecule has 0 bridgehead atoms. The number of pyridine rings is 1. The van der Waals surface area contributed by atoms with E-state index in [2.05, 4.69) is 20.0 Å². The normalized spacial score (nSPS) is 10.8. The van der Waals surface area contributed by atoms with Gasteiger partial charge in [-0.25, -0.2) is 0 Å². The molecule has 16 heavy (non-hydrogen) atoms. The molecule has 0 atom stereocenters. The summed E-state index contributed by atoms with van der Waals surface area (Å²) >= 11 is 0. The average molecular weight is 213 g/mol. The zero-order chi connectivity index (χ0) is 11.2. The largest absolute Gasteiger partial charge is 0.360 e. The maximum atomic E-state index is 8.10. The molecular weight excluding hydrogens is 202 g/mol. The van der Waals surface area contributed by atoms with Crippen LogP contribution < -0.4 is 0 Å². The summed E-state index contributed by atoms with van der Waals surface area (Å²) < 4.78 is 0. The molecule has 0 unspecified atom stereocenters. The van der Waals surface area contributed by atoms with Gasteiger partial charge in [-0.3, -0.25) is 4.98 Å². The summed E-state index contributed by atoms with van der Waals surface area (Å²) in [6.45, 7) is 0.491. The highest BCUT2D eigenvalue weighted by Crippen LogP contribution is 2.12. The lowest BCUT2D eigenvalue weighted by molar-refractivity contribution is 0.995. The molecule has 5 heteroatoms. The number of hydrogen-bond donors (Lipinski definition) is 1. The lowest BCUT2D eigenvalue weighted by Gasteiger charge is -1.93. The molecule has 80 valence electrons. The van der Waals surface area contributed by atoms with E-state index in [-0.39, 0.29) is 0 Å². The van der Waals surface area contributed by atoms with Crippen molar-refractivity contribution in [2.24, 2.45) is 5.11 Å². The number of aromatic nitrogens is 2. The van der Waals surface area contributed by atoms with E-state index < -0.39 is 0 Å². The summed E-state index contributed by atoms with van der Waals surface area (Å²) in [6, 6.07) is 3.97. The van der Waals surface area contributed by atoms with Crippen LogP contribution in [0.1, 0.15) is 12.0 Å². The van der Waals surface area contributed by atoms with Gasteiger partial charge in [0.1, 0.15) is 0 Å². The Morgan fingerprint density at radius 3 is 3.38 bits per heavy atom. The van der Waals surface area contributed by atoms with Crippen LogP contribution in [0.15, 0.2) is 35.7 Å². The van der Waals surface area contributed by atoms with E-state index in [1.807, 2.05) is 36.7 Å². The maximum absolute atomic E-state index is 8.10. The molecule has 0 aliphatic carbocycles. The van der Waals surface area contributed by atoms with E-state index in [0.29, 0.717) is 6.54 Å². The molecule has 0 amide bonds. The van der Waals surface area contributed by atoms with Crippen LogP contribution in [0.5, 0.6) is 0 Å². The third kappa shape index (κ3) is 2.40. The molecule has 0 aliphatic rings. The topological polar surface area (TPSA) is 77.4 Å². The molecule has 0 aromatic carbocycles. The van der Waals surface area contributed by atoms with Crippen molar-refractivity contribution in [3.8, 4) is 0 Å². The number of rotatable bonds is 4. The van der Waals surface area contributed by atoms with Crippen LogP contribution in [0.4, 0.5) is 0 Å². The Balaban J connectivity index is 2.05. The molecule has 2 heterocycles. The van der Waals surface area contributed by atoms with Crippen LogP contribution in [-0.2, 0) is 0 Å². The number of azide groups is 1. The van der Waals surface area contributed by atoms with Gasteiger partial charge < -0.3 is 4.98 Å². The molecule has 1 N–H and O–H groups in total. The van der Waals surface area contributed by atoms with Crippen molar-refractivity contribution in [1.82, 2.24) is 9.97 Å². The van der Waals surface area contributed by atoms with Crippen molar-refractivity contribution in [2.75, 3.05) is 6.54 Å². The average Bonchev–Trinajstić information content (AvgIpc) is 2.76. The molecule has 0 aliphatic heterocycles. The molecule has 0 saturated heterocycles. The minimum atomic E-state index is 0.491. The number of nitrogens with zero attached hydrogens (tertiary/aromatic N) is 4. The molecule has 5 nitrogen and oxygen atoms in total. The van der Waals surface area contributed by atoms with E-state index in [0.717, 1.165) is 23.0 Å². The maximum Gasteiger partial charge on any atom is 0.0879 e. The van der Waals surface area contributed by atoms with E-state index in [1.165, 1.54) is 0 Å². The Labute approximate surface area is 92.4 Å². The highest BCUT2D eigenvalue weighted by molar-refractivity contribution is 5.77. The predicted octanol–water partition coefficient (Wildman–Crippen LogP) is 3.28. The van der Waals surface area contributed by atoms with E-state index in [1.54, 1.807) is 0 Å². The number of H-pyrrole nitrogens is 1. The lowest BCUT2D eigenvalue weighted by atomic mass is 10.2. The minimum Gasteiger partial charge on any atom is -0.360 e. The van der Waals surface area contributed by atoms with Gasteiger partial charge in [-0.1, -0.05) is 17.3 Å². The fourth-order valence-corrected chi connectivity index (χ4v) is 1.44. The highest BCUT2D eigenvalue weighted by Gasteiger charge is 1.94. The van der Waals surface area contributed by atoms with E-state index in [4.69, 9.17) is 5.53 Å². The Morgan fingerprint density at radius 2 is 2.50 bits per heavy atom. The van der Waals surface area contributed by atoms with Crippen molar-refractivity contribution in [2.45, 2.75) is 6.42 Å². The minimum absolute atomic E-state index is 0.491. The number of fused-ring (bicyclic) bond motifs is 1. The second-order valence-corrected chi connectivity index (χ2v) is 3.32. The first-order chi connectivity index (χ1) is 7.90. The summed E-state index contributed by atoms with van der Waals surface area (Å²) in [6.07, 6.45) is 8.38. The zero-order valence-corrected chi connectivity index (χ0v) is 8.67. The van der Waals surface area contributed by atoms with Gasteiger partial charge in [0.05, 0.1) is 11.0 Å². The first-order valence-electron chi connectivity index (χ1n) is 5.00. The molecule has 2 aromatic rings. The Morgan fingerprint density at radius 1 is 1.56 bits per heavy atom. The summed E-state index contributed by atoms with van der Waals surface area (Å²) in [5.74, 6) is 0. The highest BCUT2D eigenvalue weighted by atomic mass is 15.1. The Bertz CT molecular complexity index is 548. The van der Waals surface area contributed by atoms with E-state index in [9.17, 15) is 0 Å². The third-order valence-electron chi connectivity index (χ3n) is 2.19. The molecule has 0 radical (unpaired) electrons. The Kier molecular flexibility index (Phi) is 3.21. The van der Waals surface area contributed by atoms with Crippen molar-refractivity contribution in [1.29, 1.82) is 0 Å².